The maximum Gasteiger partial charge on any atom is 0.251 e. The molecule has 5 heteroatoms. The molecule has 1 atom stereocenters. The number of amides is 2. The van der Waals surface area contributed by atoms with Gasteiger partial charge in [-0.3, -0.25) is 9.59 Å². The molecular weight excluding hydrogens is 368 g/mol. The summed E-state index contributed by atoms with van der Waals surface area (Å²) in [6.45, 7) is 3.45. The molecule has 2 aromatic rings. The molecule has 148 valence electrons. The first kappa shape index (κ1) is 19.2. The van der Waals surface area contributed by atoms with Gasteiger partial charge >= 0.3 is 0 Å². The predicted octanol–water partition coefficient (Wildman–Crippen LogP) is 4.11. The van der Waals surface area contributed by atoms with Crippen LogP contribution in [0.2, 0.25) is 0 Å². The highest BCUT2D eigenvalue weighted by Crippen LogP contribution is 2.25. The summed E-state index contributed by atoms with van der Waals surface area (Å²) < 4.78 is 0. The van der Waals surface area contributed by atoms with E-state index >= 15 is 0 Å². The number of aryl methyl sites for hydroxylation is 2. The lowest BCUT2D eigenvalue weighted by Gasteiger charge is -2.31. The van der Waals surface area contributed by atoms with Crippen molar-refractivity contribution in [2.24, 2.45) is 0 Å². The zero-order valence-electron chi connectivity index (χ0n) is 16.5. The number of thiophene rings is 1. The molecule has 4 nitrogen and oxygen atoms in total. The van der Waals surface area contributed by atoms with Crippen LogP contribution in [0.1, 0.15) is 64.5 Å². The van der Waals surface area contributed by atoms with Crippen molar-refractivity contribution in [2.75, 3.05) is 6.54 Å². The van der Waals surface area contributed by atoms with Crippen molar-refractivity contribution in [3.05, 3.63) is 56.8 Å². The van der Waals surface area contributed by atoms with E-state index in [0.29, 0.717) is 18.5 Å². The van der Waals surface area contributed by atoms with E-state index in [2.05, 4.69) is 29.8 Å². The van der Waals surface area contributed by atoms with Gasteiger partial charge in [-0.25, -0.2) is 0 Å². The topological polar surface area (TPSA) is 49.4 Å². The van der Waals surface area contributed by atoms with E-state index in [9.17, 15) is 9.59 Å². The molecule has 4 rings (SSSR count). The molecule has 0 bridgehead atoms. The number of nitrogens with zero attached hydrogens (tertiary/aromatic N) is 1. The lowest BCUT2D eigenvalue weighted by molar-refractivity contribution is -0.134. The van der Waals surface area contributed by atoms with E-state index in [0.717, 1.165) is 32.2 Å². The first-order valence-electron chi connectivity index (χ1n) is 10.4. The fourth-order valence-corrected chi connectivity index (χ4v) is 5.21. The Morgan fingerprint density at radius 3 is 2.75 bits per heavy atom. The molecule has 0 saturated carbocycles. The van der Waals surface area contributed by atoms with Crippen molar-refractivity contribution in [1.29, 1.82) is 0 Å². The van der Waals surface area contributed by atoms with Crippen molar-refractivity contribution in [3.8, 4) is 0 Å². The van der Waals surface area contributed by atoms with Crippen LogP contribution in [-0.4, -0.2) is 29.3 Å². The van der Waals surface area contributed by atoms with E-state index in [1.807, 2.05) is 17.0 Å². The number of benzene rings is 1. The maximum absolute atomic E-state index is 13.1. The largest absolute Gasteiger partial charge is 0.340 e. The fraction of sp³-hybridized carbons (Fsp3) is 0.478. The van der Waals surface area contributed by atoms with Gasteiger partial charge in [0.05, 0.1) is 0 Å². The lowest BCUT2D eigenvalue weighted by Crippen LogP contribution is -2.49. The lowest BCUT2D eigenvalue weighted by atomic mass is 9.90. The molecule has 1 aromatic carbocycles. The van der Waals surface area contributed by atoms with Crippen LogP contribution in [-0.2, 0) is 30.6 Å². The summed E-state index contributed by atoms with van der Waals surface area (Å²) in [5.74, 6) is -0.0848. The molecule has 1 N–H and O–H groups in total. The van der Waals surface area contributed by atoms with E-state index in [1.165, 1.54) is 34.4 Å². The van der Waals surface area contributed by atoms with Gasteiger partial charge in [0.1, 0.15) is 6.04 Å². The summed E-state index contributed by atoms with van der Waals surface area (Å²) >= 11 is 1.77. The minimum absolute atomic E-state index is 0.0463. The van der Waals surface area contributed by atoms with Crippen molar-refractivity contribution >= 4 is 23.2 Å². The van der Waals surface area contributed by atoms with Crippen LogP contribution in [0.15, 0.2) is 29.6 Å². The van der Waals surface area contributed by atoms with Gasteiger partial charge in [0.15, 0.2) is 0 Å². The molecule has 0 spiro atoms. The first-order chi connectivity index (χ1) is 13.7. The predicted molar refractivity (Wildman–Crippen MR) is 113 cm³/mol. The third kappa shape index (κ3) is 4.00. The van der Waals surface area contributed by atoms with E-state index in [4.69, 9.17) is 0 Å². The maximum atomic E-state index is 13.1. The van der Waals surface area contributed by atoms with Crippen LogP contribution in [0.25, 0.3) is 0 Å². The molecule has 2 heterocycles. The summed E-state index contributed by atoms with van der Waals surface area (Å²) in [7, 11) is 0. The summed E-state index contributed by atoms with van der Waals surface area (Å²) in [6, 6.07) is 7.68. The molecule has 1 unspecified atom stereocenters. The Morgan fingerprint density at radius 1 is 1.11 bits per heavy atom. The Labute approximate surface area is 170 Å². The summed E-state index contributed by atoms with van der Waals surface area (Å²) in [6.07, 6.45) is 7.01. The second kappa shape index (κ2) is 8.48. The molecule has 2 aliphatic rings. The Hall–Kier alpha value is -2.14. The van der Waals surface area contributed by atoms with Gasteiger partial charge in [-0.05, 0) is 78.8 Å². The molecular formula is C23H28N2O2S. The van der Waals surface area contributed by atoms with E-state index < -0.39 is 6.04 Å². The molecule has 1 aliphatic carbocycles. The van der Waals surface area contributed by atoms with Crippen LogP contribution in [0.4, 0.5) is 0 Å². The van der Waals surface area contributed by atoms with Crippen LogP contribution in [0, 0.1) is 0 Å². The Balaban J connectivity index is 1.46. The van der Waals surface area contributed by atoms with Crippen LogP contribution in [0.3, 0.4) is 0 Å². The minimum atomic E-state index is -0.450. The van der Waals surface area contributed by atoms with Gasteiger partial charge in [0, 0.05) is 23.5 Å². The monoisotopic (exact) mass is 396 g/mol. The molecule has 2 amide bonds. The highest BCUT2D eigenvalue weighted by molar-refractivity contribution is 7.10. The second-order valence-electron chi connectivity index (χ2n) is 7.88. The average molecular weight is 397 g/mol. The van der Waals surface area contributed by atoms with Crippen molar-refractivity contribution in [1.82, 2.24) is 10.2 Å². The molecule has 0 radical (unpaired) electrons. The molecule has 0 fully saturated rings. The standard InChI is InChI=1S/C23H28N2O2S/c1-2-5-20(23(27)25-12-10-21-19(15-25)11-13-28-21)24-22(26)18-9-8-16-6-3-4-7-17(16)14-18/h8-9,11,13-14,20H,2-7,10,12,15H2,1H3,(H,24,26). The van der Waals surface area contributed by atoms with Gasteiger partial charge in [-0.15, -0.1) is 11.3 Å². The Kier molecular flexibility index (Phi) is 5.81. The van der Waals surface area contributed by atoms with Crippen molar-refractivity contribution in [3.63, 3.8) is 0 Å². The molecule has 28 heavy (non-hydrogen) atoms. The average Bonchev–Trinajstić information content (AvgIpc) is 3.20. The molecule has 1 aliphatic heterocycles. The van der Waals surface area contributed by atoms with E-state index in [-0.39, 0.29) is 11.8 Å². The normalized spacial score (nSPS) is 16.8. The zero-order valence-corrected chi connectivity index (χ0v) is 17.3. The molecule has 1 aromatic heterocycles. The number of carbonyl (C=O) groups is 2. The second-order valence-corrected chi connectivity index (χ2v) is 8.88. The van der Waals surface area contributed by atoms with Crippen LogP contribution >= 0.6 is 11.3 Å². The first-order valence-corrected chi connectivity index (χ1v) is 11.3. The smallest absolute Gasteiger partial charge is 0.251 e. The van der Waals surface area contributed by atoms with Crippen LogP contribution < -0.4 is 5.32 Å². The summed E-state index contributed by atoms with van der Waals surface area (Å²) in [5, 5.41) is 5.13. The van der Waals surface area contributed by atoms with Gasteiger partial charge in [0.2, 0.25) is 5.91 Å². The van der Waals surface area contributed by atoms with Gasteiger partial charge in [0.25, 0.3) is 5.91 Å². The minimum Gasteiger partial charge on any atom is -0.340 e. The highest BCUT2D eigenvalue weighted by Gasteiger charge is 2.28. The number of hydrogen-bond acceptors (Lipinski definition) is 3. The number of carbonyl (C=O) groups excluding carboxylic acids is 2. The molecule has 0 saturated heterocycles. The summed E-state index contributed by atoms with van der Waals surface area (Å²) in [4.78, 5) is 29.3. The quantitative estimate of drug-likeness (QED) is 0.827. The Bertz CT molecular complexity index is 873. The van der Waals surface area contributed by atoms with Crippen molar-refractivity contribution in [2.45, 2.75) is 64.5 Å². The number of fused-ring (bicyclic) bond motifs is 2. The van der Waals surface area contributed by atoms with Gasteiger partial charge in [-0.2, -0.15) is 0 Å². The SMILES string of the molecule is CCCC(NC(=O)c1ccc2c(c1)CCCC2)C(=O)N1CCc2sccc2C1. The zero-order chi connectivity index (χ0) is 19.5. The fourth-order valence-electron chi connectivity index (χ4n) is 4.32. The number of hydrogen-bond donors (Lipinski definition) is 1. The van der Waals surface area contributed by atoms with Gasteiger partial charge in [-0.1, -0.05) is 19.4 Å². The van der Waals surface area contributed by atoms with Crippen molar-refractivity contribution < 1.29 is 9.59 Å². The Morgan fingerprint density at radius 2 is 1.93 bits per heavy atom. The van der Waals surface area contributed by atoms with Gasteiger partial charge < -0.3 is 10.2 Å². The third-order valence-electron chi connectivity index (χ3n) is 5.91. The number of nitrogens with one attached hydrogen (secondary N) is 1. The van der Waals surface area contributed by atoms with E-state index in [1.54, 1.807) is 11.3 Å². The summed E-state index contributed by atoms with van der Waals surface area (Å²) in [5.41, 5.74) is 4.58. The third-order valence-corrected chi connectivity index (χ3v) is 6.93. The van der Waals surface area contributed by atoms with Crippen LogP contribution in [0.5, 0.6) is 0 Å². The number of rotatable bonds is 5. The highest BCUT2D eigenvalue weighted by atomic mass is 32.1.